The molecule has 4 rings (SSSR count). The summed E-state index contributed by atoms with van der Waals surface area (Å²) in [5, 5.41) is 9.68. The molecule has 0 amide bonds. The van der Waals surface area contributed by atoms with Gasteiger partial charge in [-0.05, 0) is 36.1 Å². The van der Waals surface area contributed by atoms with Crippen LogP contribution in [0.25, 0.3) is 11.1 Å². The Morgan fingerprint density at radius 2 is 2.12 bits per heavy atom. The van der Waals surface area contributed by atoms with E-state index >= 15 is 0 Å². The minimum Gasteiger partial charge on any atom is -0.493 e. The number of hydrogen-bond donors (Lipinski definition) is 1. The van der Waals surface area contributed by atoms with Crippen LogP contribution in [0.1, 0.15) is 37.1 Å². The highest BCUT2D eigenvalue weighted by Crippen LogP contribution is 2.48. The normalized spacial score (nSPS) is 16.4. The molecule has 0 bridgehead atoms. The fraction of sp³-hybridized carbons (Fsp3) is 0.368. The first-order valence-corrected chi connectivity index (χ1v) is 8.17. The largest absolute Gasteiger partial charge is 0.493 e. The summed E-state index contributed by atoms with van der Waals surface area (Å²) in [5.41, 5.74) is 10.2. The zero-order valence-corrected chi connectivity index (χ0v) is 14.5. The van der Waals surface area contributed by atoms with E-state index in [0.29, 0.717) is 22.8 Å². The van der Waals surface area contributed by atoms with Crippen LogP contribution in [0.5, 0.6) is 17.2 Å². The smallest absolute Gasteiger partial charge is 0.231 e. The highest BCUT2D eigenvalue weighted by molar-refractivity contribution is 5.82. The Balaban J connectivity index is 2.03. The lowest BCUT2D eigenvalue weighted by Gasteiger charge is -2.20. The van der Waals surface area contributed by atoms with E-state index in [1.807, 2.05) is 12.1 Å². The van der Waals surface area contributed by atoms with Gasteiger partial charge in [0.1, 0.15) is 17.5 Å². The zero-order valence-electron chi connectivity index (χ0n) is 14.5. The van der Waals surface area contributed by atoms with E-state index < -0.39 is 0 Å². The predicted octanol–water partition coefficient (Wildman–Crippen LogP) is 3.16. The third kappa shape index (κ3) is 2.19. The lowest BCUT2D eigenvalue weighted by molar-refractivity contribution is 0.171. The van der Waals surface area contributed by atoms with E-state index in [0.717, 1.165) is 35.2 Å². The molecule has 2 aromatic rings. The molecular weight excluding hydrogens is 318 g/mol. The molecule has 0 spiro atoms. The van der Waals surface area contributed by atoms with E-state index in [2.05, 4.69) is 24.9 Å². The molecule has 2 aliphatic rings. The van der Waals surface area contributed by atoms with Crippen molar-refractivity contribution in [3.8, 4) is 34.4 Å². The van der Waals surface area contributed by atoms with Gasteiger partial charge in [-0.15, -0.1) is 0 Å². The summed E-state index contributed by atoms with van der Waals surface area (Å²) in [4.78, 5) is 4.55. The molecule has 6 nitrogen and oxygen atoms in total. The van der Waals surface area contributed by atoms with Crippen molar-refractivity contribution in [2.24, 2.45) is 0 Å². The number of nitrogens with two attached hydrogens (primary N) is 1. The van der Waals surface area contributed by atoms with Gasteiger partial charge in [-0.1, -0.05) is 13.8 Å². The van der Waals surface area contributed by atoms with Crippen LogP contribution in [0.3, 0.4) is 0 Å². The number of fused-ring (bicyclic) bond motifs is 2. The molecule has 0 saturated heterocycles. The quantitative estimate of drug-likeness (QED) is 0.905. The van der Waals surface area contributed by atoms with Gasteiger partial charge < -0.3 is 19.9 Å². The second kappa shape index (κ2) is 5.28. The lowest BCUT2D eigenvalue weighted by atomic mass is 9.88. The molecule has 0 radical (unpaired) electrons. The molecule has 2 heterocycles. The Labute approximate surface area is 146 Å². The van der Waals surface area contributed by atoms with Gasteiger partial charge in [0.15, 0.2) is 11.5 Å². The molecule has 1 aromatic carbocycles. The van der Waals surface area contributed by atoms with E-state index in [-0.39, 0.29) is 18.0 Å². The molecule has 2 N–H and O–H groups in total. The third-order valence-corrected chi connectivity index (χ3v) is 5.03. The van der Waals surface area contributed by atoms with E-state index in [1.54, 1.807) is 7.11 Å². The van der Waals surface area contributed by atoms with Crippen LogP contribution >= 0.6 is 0 Å². The van der Waals surface area contributed by atoms with Crippen molar-refractivity contribution in [3.63, 3.8) is 0 Å². The van der Waals surface area contributed by atoms with Crippen LogP contribution in [0.4, 0.5) is 5.82 Å². The molecule has 1 aliphatic heterocycles. The zero-order chi connectivity index (χ0) is 17.8. The second-order valence-corrected chi connectivity index (χ2v) is 6.98. The molecule has 0 atom stereocenters. The molecule has 0 unspecified atom stereocenters. The number of nitrogen functional groups attached to an aromatic ring is 1. The van der Waals surface area contributed by atoms with Crippen molar-refractivity contribution in [2.75, 3.05) is 19.6 Å². The maximum absolute atomic E-state index is 9.68. The number of nitriles is 1. The molecular formula is C19H19N3O3. The summed E-state index contributed by atoms with van der Waals surface area (Å²) >= 11 is 0. The molecule has 1 aromatic heterocycles. The Kier molecular flexibility index (Phi) is 3.29. The number of aromatic nitrogens is 1. The highest BCUT2D eigenvalue weighted by atomic mass is 16.7. The number of benzene rings is 1. The molecule has 25 heavy (non-hydrogen) atoms. The van der Waals surface area contributed by atoms with Crippen molar-refractivity contribution in [1.82, 2.24) is 4.98 Å². The van der Waals surface area contributed by atoms with Crippen molar-refractivity contribution in [3.05, 3.63) is 29.0 Å². The van der Waals surface area contributed by atoms with Crippen molar-refractivity contribution < 1.29 is 14.2 Å². The monoisotopic (exact) mass is 337 g/mol. The molecule has 0 saturated carbocycles. The fourth-order valence-corrected chi connectivity index (χ4v) is 3.71. The number of rotatable bonds is 2. The summed E-state index contributed by atoms with van der Waals surface area (Å²) < 4.78 is 16.5. The molecule has 1 aliphatic carbocycles. The first-order valence-electron chi connectivity index (χ1n) is 8.17. The Bertz CT molecular complexity index is 929. The van der Waals surface area contributed by atoms with Crippen molar-refractivity contribution in [2.45, 2.75) is 32.1 Å². The Morgan fingerprint density at radius 1 is 1.32 bits per heavy atom. The maximum atomic E-state index is 9.68. The number of anilines is 1. The number of nitrogens with zero attached hydrogens (tertiary/aromatic N) is 2. The third-order valence-electron chi connectivity index (χ3n) is 5.03. The van der Waals surface area contributed by atoms with Gasteiger partial charge in [0.2, 0.25) is 12.5 Å². The summed E-state index contributed by atoms with van der Waals surface area (Å²) in [7, 11) is 1.58. The lowest BCUT2D eigenvalue weighted by Crippen LogP contribution is -2.16. The fourth-order valence-electron chi connectivity index (χ4n) is 3.71. The van der Waals surface area contributed by atoms with Gasteiger partial charge in [0, 0.05) is 11.0 Å². The summed E-state index contributed by atoms with van der Waals surface area (Å²) in [6.45, 7) is 4.46. The van der Waals surface area contributed by atoms with E-state index in [4.69, 9.17) is 19.9 Å². The van der Waals surface area contributed by atoms with Crippen molar-refractivity contribution >= 4 is 5.82 Å². The van der Waals surface area contributed by atoms with Gasteiger partial charge in [-0.25, -0.2) is 4.98 Å². The molecule has 6 heteroatoms. The first-order chi connectivity index (χ1) is 12.0. The average molecular weight is 337 g/mol. The van der Waals surface area contributed by atoms with Gasteiger partial charge >= 0.3 is 0 Å². The first kappa shape index (κ1) is 15.6. The van der Waals surface area contributed by atoms with Crippen molar-refractivity contribution in [1.29, 1.82) is 5.26 Å². The topological polar surface area (TPSA) is 90.4 Å². The van der Waals surface area contributed by atoms with Crippen LogP contribution in [0.2, 0.25) is 0 Å². The highest BCUT2D eigenvalue weighted by Gasteiger charge is 2.36. The van der Waals surface area contributed by atoms with E-state index in [1.165, 1.54) is 0 Å². The average Bonchev–Trinajstić information content (AvgIpc) is 3.17. The van der Waals surface area contributed by atoms with Gasteiger partial charge in [0.05, 0.1) is 12.8 Å². The van der Waals surface area contributed by atoms with E-state index in [9.17, 15) is 5.26 Å². The minimum absolute atomic E-state index is 0.0629. The Morgan fingerprint density at radius 3 is 2.84 bits per heavy atom. The van der Waals surface area contributed by atoms with Crippen LogP contribution in [-0.4, -0.2) is 18.9 Å². The SMILES string of the molecule is COc1cc(-c2c(C#N)c(N)nc3c2CCC3(C)C)cc2c1OCO2. The minimum atomic E-state index is -0.0629. The van der Waals surface area contributed by atoms with Crippen LogP contribution in [0, 0.1) is 11.3 Å². The number of pyridine rings is 1. The second-order valence-electron chi connectivity index (χ2n) is 6.98. The summed E-state index contributed by atoms with van der Waals surface area (Å²) in [5.74, 6) is 2.04. The van der Waals surface area contributed by atoms with Crippen LogP contribution in [0.15, 0.2) is 12.1 Å². The Hall–Kier alpha value is -2.94. The van der Waals surface area contributed by atoms with Gasteiger partial charge in [0.25, 0.3) is 0 Å². The maximum Gasteiger partial charge on any atom is 0.231 e. The van der Waals surface area contributed by atoms with Crippen LogP contribution in [-0.2, 0) is 11.8 Å². The molecule has 0 fully saturated rings. The molecule has 128 valence electrons. The predicted molar refractivity (Wildman–Crippen MR) is 92.8 cm³/mol. The van der Waals surface area contributed by atoms with Gasteiger partial charge in [-0.3, -0.25) is 0 Å². The van der Waals surface area contributed by atoms with Gasteiger partial charge in [-0.2, -0.15) is 5.26 Å². The standard InChI is InChI=1S/C19H19N3O3/c1-19(2)5-4-11-15(12(8-20)18(21)22-17(11)19)10-6-13(23-3)16-14(7-10)24-9-25-16/h6-7H,4-5,9H2,1-3H3,(H2,21,22). The number of hydrogen-bond acceptors (Lipinski definition) is 6. The van der Waals surface area contributed by atoms with Crippen LogP contribution < -0.4 is 19.9 Å². The summed E-state index contributed by atoms with van der Waals surface area (Å²) in [6, 6.07) is 5.98. The number of ether oxygens (including phenoxy) is 3. The summed E-state index contributed by atoms with van der Waals surface area (Å²) in [6.07, 6.45) is 1.83. The number of methoxy groups -OCH3 is 1.